The third-order valence-electron chi connectivity index (χ3n) is 5.61. The summed E-state index contributed by atoms with van der Waals surface area (Å²) in [4.78, 5) is 22.7. The van der Waals surface area contributed by atoms with E-state index in [1.54, 1.807) is 11.8 Å². The first-order chi connectivity index (χ1) is 15.4. The molecule has 9 heteroatoms. The number of para-hydroxylation sites is 1. The third kappa shape index (κ3) is 3.85. The molecule has 0 bridgehead atoms. The summed E-state index contributed by atoms with van der Waals surface area (Å²) in [6.45, 7) is 6.99. The number of nitrogens with zero attached hydrogens (tertiary/aromatic N) is 6. The predicted molar refractivity (Wildman–Crippen MR) is 122 cm³/mol. The van der Waals surface area contributed by atoms with Crippen molar-refractivity contribution in [1.29, 1.82) is 0 Å². The lowest BCUT2D eigenvalue weighted by molar-refractivity contribution is 0.319. The van der Waals surface area contributed by atoms with E-state index in [0.29, 0.717) is 28.9 Å². The summed E-state index contributed by atoms with van der Waals surface area (Å²) < 4.78 is 9.09. The number of benzene rings is 1. The van der Waals surface area contributed by atoms with Gasteiger partial charge in [0.25, 0.3) is 5.56 Å². The van der Waals surface area contributed by atoms with Crippen LogP contribution >= 0.6 is 11.8 Å². The van der Waals surface area contributed by atoms with Gasteiger partial charge in [0, 0.05) is 17.7 Å². The fourth-order valence-corrected chi connectivity index (χ4v) is 4.84. The average molecular weight is 451 g/mol. The highest BCUT2D eigenvalue weighted by molar-refractivity contribution is 7.98. The number of hydrogen-bond acceptors (Lipinski definition) is 7. The topological polar surface area (TPSA) is 91.6 Å². The van der Waals surface area contributed by atoms with Crippen molar-refractivity contribution in [2.24, 2.45) is 0 Å². The highest BCUT2D eigenvalue weighted by Gasteiger charge is 2.27. The van der Waals surface area contributed by atoms with Crippen LogP contribution < -0.4 is 5.56 Å². The molecular formula is C23H26N6O2S. The second-order valence-corrected chi connectivity index (χ2v) is 10.1. The van der Waals surface area contributed by atoms with Crippen LogP contribution in [0.15, 0.2) is 44.8 Å². The standard InChI is InChI=1S/C23H26N6O2S/c1-23(2,3)21-24-17(27-31-21)14-32-22-25-19-18(16-12-8-5-9-13-28(16)22)20(30)29(26-19)15-10-6-4-7-11-15/h4,6-7,10-11H,5,8-9,12-14H2,1-3H3. The minimum Gasteiger partial charge on any atom is -0.339 e. The Morgan fingerprint density at radius 3 is 2.66 bits per heavy atom. The van der Waals surface area contributed by atoms with Gasteiger partial charge >= 0.3 is 0 Å². The van der Waals surface area contributed by atoms with Gasteiger partial charge in [-0.3, -0.25) is 4.79 Å². The first-order valence-corrected chi connectivity index (χ1v) is 11.9. The second-order valence-electron chi connectivity index (χ2n) is 9.11. The molecular weight excluding hydrogens is 424 g/mol. The molecule has 0 radical (unpaired) electrons. The van der Waals surface area contributed by atoms with E-state index in [-0.39, 0.29) is 11.0 Å². The number of thioether (sulfide) groups is 1. The van der Waals surface area contributed by atoms with Gasteiger partial charge in [-0.25, -0.2) is 4.98 Å². The highest BCUT2D eigenvalue weighted by Crippen LogP contribution is 2.31. The Labute approximate surface area is 190 Å². The lowest BCUT2D eigenvalue weighted by Crippen LogP contribution is -2.19. The molecule has 0 atom stereocenters. The fourth-order valence-electron chi connectivity index (χ4n) is 3.95. The fraction of sp³-hybridized carbons (Fsp3) is 0.435. The van der Waals surface area contributed by atoms with Crippen molar-refractivity contribution in [3.8, 4) is 17.1 Å². The Hall–Kier alpha value is -2.94. The summed E-state index contributed by atoms with van der Waals surface area (Å²) in [6.07, 6.45) is 4.10. The van der Waals surface area contributed by atoms with E-state index in [9.17, 15) is 4.79 Å². The van der Waals surface area contributed by atoms with Crippen LogP contribution in [0.5, 0.6) is 0 Å². The van der Waals surface area contributed by atoms with E-state index >= 15 is 0 Å². The Morgan fingerprint density at radius 2 is 1.91 bits per heavy atom. The Balaban J connectivity index is 1.56. The van der Waals surface area contributed by atoms with E-state index in [4.69, 9.17) is 9.51 Å². The maximum Gasteiger partial charge on any atom is 0.284 e. The smallest absolute Gasteiger partial charge is 0.284 e. The molecule has 0 N–H and O–H groups in total. The number of hydrogen-bond donors (Lipinski definition) is 0. The first kappa shape index (κ1) is 20.9. The van der Waals surface area contributed by atoms with Gasteiger partial charge in [0.2, 0.25) is 5.89 Å². The SMILES string of the molecule is CC(C)(C)c1nc(CSc2nc3nn(-c4ccccc4)c(=O)c-3c3n2CCCCC3)no1. The van der Waals surface area contributed by atoms with Crippen LogP contribution in [0.2, 0.25) is 0 Å². The van der Waals surface area contributed by atoms with Gasteiger partial charge in [-0.2, -0.15) is 9.67 Å². The Bertz CT molecular complexity index is 1270. The molecule has 2 aromatic rings. The molecule has 5 rings (SSSR count). The van der Waals surface area contributed by atoms with Gasteiger partial charge in [0.15, 0.2) is 16.8 Å². The van der Waals surface area contributed by atoms with Gasteiger partial charge in [-0.15, -0.1) is 5.10 Å². The van der Waals surface area contributed by atoms with Crippen LogP contribution in [0.1, 0.15) is 57.4 Å². The number of aromatic nitrogens is 6. The second kappa shape index (κ2) is 8.20. The molecule has 0 fully saturated rings. The van der Waals surface area contributed by atoms with Crippen LogP contribution in [-0.2, 0) is 24.1 Å². The monoisotopic (exact) mass is 450 g/mol. The van der Waals surface area contributed by atoms with Gasteiger partial charge in [-0.1, -0.05) is 62.3 Å². The van der Waals surface area contributed by atoms with Crippen molar-refractivity contribution in [2.75, 3.05) is 0 Å². The van der Waals surface area contributed by atoms with E-state index in [1.807, 2.05) is 51.1 Å². The molecule has 1 aromatic carbocycles. The quantitative estimate of drug-likeness (QED) is 0.339. The van der Waals surface area contributed by atoms with E-state index in [0.717, 1.165) is 48.8 Å². The molecule has 32 heavy (non-hydrogen) atoms. The zero-order valence-corrected chi connectivity index (χ0v) is 19.4. The normalized spacial score (nSPS) is 14.5. The van der Waals surface area contributed by atoms with Crippen molar-refractivity contribution < 1.29 is 4.52 Å². The molecule has 0 amide bonds. The third-order valence-corrected chi connectivity index (χ3v) is 6.58. The summed E-state index contributed by atoms with van der Waals surface area (Å²) >= 11 is 1.56. The number of fused-ring (bicyclic) bond motifs is 3. The minimum absolute atomic E-state index is 0.103. The summed E-state index contributed by atoms with van der Waals surface area (Å²) in [5.41, 5.74) is 2.13. The van der Waals surface area contributed by atoms with Crippen molar-refractivity contribution in [3.63, 3.8) is 0 Å². The van der Waals surface area contributed by atoms with Crippen LogP contribution in [0.3, 0.4) is 0 Å². The summed E-state index contributed by atoms with van der Waals surface area (Å²) in [6, 6.07) is 9.51. The Kier molecular flexibility index (Phi) is 5.36. The summed E-state index contributed by atoms with van der Waals surface area (Å²) in [5, 5.41) is 9.57. The maximum absolute atomic E-state index is 13.3. The van der Waals surface area contributed by atoms with Crippen LogP contribution in [-0.4, -0.2) is 29.5 Å². The molecule has 1 aromatic heterocycles. The van der Waals surface area contributed by atoms with Gasteiger partial charge in [0.1, 0.15) is 5.56 Å². The molecule has 0 unspecified atom stereocenters. The van der Waals surface area contributed by atoms with Crippen LogP contribution in [0, 0.1) is 0 Å². The predicted octanol–water partition coefficient (Wildman–Crippen LogP) is 4.23. The van der Waals surface area contributed by atoms with Crippen molar-refractivity contribution in [3.05, 3.63) is 58.1 Å². The number of rotatable bonds is 4. The average Bonchev–Trinajstić information content (AvgIpc) is 3.30. The zero-order valence-electron chi connectivity index (χ0n) is 18.5. The molecule has 0 saturated carbocycles. The van der Waals surface area contributed by atoms with E-state index < -0.39 is 0 Å². The lowest BCUT2D eigenvalue weighted by Gasteiger charge is -2.17. The summed E-state index contributed by atoms with van der Waals surface area (Å²) in [5.74, 6) is 2.31. The lowest BCUT2D eigenvalue weighted by atomic mass is 9.97. The molecule has 3 aliphatic rings. The molecule has 0 saturated heterocycles. The van der Waals surface area contributed by atoms with E-state index in [1.165, 1.54) is 4.68 Å². The first-order valence-electron chi connectivity index (χ1n) is 11.0. The molecule has 0 spiro atoms. The largest absolute Gasteiger partial charge is 0.339 e. The molecule has 3 aliphatic heterocycles. The van der Waals surface area contributed by atoms with Gasteiger partial charge < -0.3 is 9.09 Å². The Morgan fingerprint density at radius 1 is 1.09 bits per heavy atom. The maximum atomic E-state index is 13.3. The van der Waals surface area contributed by atoms with Crippen molar-refractivity contribution in [2.45, 2.75) is 69.3 Å². The van der Waals surface area contributed by atoms with Gasteiger partial charge in [0.05, 0.1) is 11.4 Å². The van der Waals surface area contributed by atoms with Crippen molar-refractivity contribution in [1.82, 2.24) is 29.5 Å². The highest BCUT2D eigenvalue weighted by atomic mass is 32.2. The van der Waals surface area contributed by atoms with E-state index in [2.05, 4.69) is 19.8 Å². The van der Waals surface area contributed by atoms with Crippen LogP contribution in [0.4, 0.5) is 0 Å². The summed E-state index contributed by atoms with van der Waals surface area (Å²) in [7, 11) is 0. The van der Waals surface area contributed by atoms with Gasteiger partial charge in [-0.05, 0) is 31.4 Å². The van der Waals surface area contributed by atoms with Crippen molar-refractivity contribution >= 4 is 11.8 Å². The minimum atomic E-state index is -0.187. The molecule has 166 valence electrons. The molecule has 0 aliphatic carbocycles. The molecule has 4 heterocycles. The zero-order chi connectivity index (χ0) is 22.3. The van der Waals surface area contributed by atoms with Crippen LogP contribution in [0.25, 0.3) is 17.1 Å². The molecule has 8 nitrogen and oxygen atoms in total.